The minimum Gasteiger partial charge on any atom is -0.322 e. The number of thioether (sulfide) groups is 1. The lowest BCUT2D eigenvalue weighted by atomic mass is 10.1. The Morgan fingerprint density at radius 2 is 1.59 bits per heavy atom. The maximum Gasteiger partial charge on any atom is 0.0833 e. The summed E-state index contributed by atoms with van der Waals surface area (Å²) in [5, 5.41) is 0. The maximum atomic E-state index is 4.00. The predicted molar refractivity (Wildman–Crippen MR) is 83.5 cm³/mol. The monoisotopic (exact) mass is 258 g/mol. The van der Waals surface area contributed by atoms with Crippen LogP contribution in [-0.4, -0.2) is 42.2 Å². The molecule has 0 spiro atoms. The number of hydrogen-bond donors (Lipinski definition) is 0. The van der Waals surface area contributed by atoms with Crippen LogP contribution in [0.3, 0.4) is 0 Å². The zero-order valence-electron chi connectivity index (χ0n) is 12.5. The Kier molecular flexibility index (Phi) is 13.9. The van der Waals surface area contributed by atoms with Crippen molar-refractivity contribution in [3.63, 3.8) is 0 Å². The molecule has 0 aromatic carbocycles. The molecule has 0 aliphatic rings. The second-order valence-electron chi connectivity index (χ2n) is 4.78. The summed E-state index contributed by atoms with van der Waals surface area (Å²) in [6, 6.07) is 0.781. The van der Waals surface area contributed by atoms with E-state index in [0.717, 1.165) is 6.04 Å². The second kappa shape index (κ2) is 12.3. The standard InChI is InChI=1S/C13H30NS.C2H2/c1-6-8-10-14(7-2,13(3)4)11-9-12-15-5;1-2/h13H,6-12H2,1-5H3;1-2H/q+1;. The van der Waals surface area contributed by atoms with Crippen LogP contribution in [-0.2, 0) is 0 Å². The van der Waals surface area contributed by atoms with Crippen LogP contribution in [0.2, 0.25) is 0 Å². The van der Waals surface area contributed by atoms with Crippen LogP contribution in [0.1, 0.15) is 47.0 Å². The van der Waals surface area contributed by atoms with Gasteiger partial charge in [-0.3, -0.25) is 0 Å². The van der Waals surface area contributed by atoms with Crippen LogP contribution in [0, 0.1) is 12.8 Å². The van der Waals surface area contributed by atoms with E-state index in [0.29, 0.717) is 0 Å². The zero-order valence-corrected chi connectivity index (χ0v) is 13.4. The van der Waals surface area contributed by atoms with Crippen molar-refractivity contribution in [2.24, 2.45) is 0 Å². The van der Waals surface area contributed by atoms with Gasteiger partial charge in [-0.25, -0.2) is 0 Å². The Balaban J connectivity index is 0. The first kappa shape index (κ1) is 19.2. The summed E-state index contributed by atoms with van der Waals surface area (Å²) >= 11 is 1.98. The SMILES string of the molecule is C#C.CCCC[N+](CC)(CCCSC)C(C)C. The van der Waals surface area contributed by atoms with Gasteiger partial charge in [0, 0.05) is 6.42 Å². The van der Waals surface area contributed by atoms with Gasteiger partial charge in [0.25, 0.3) is 0 Å². The fraction of sp³-hybridized carbons (Fsp3) is 0.867. The number of unbranched alkanes of at least 4 members (excludes halogenated alkanes) is 1. The molecule has 1 unspecified atom stereocenters. The third kappa shape index (κ3) is 7.73. The van der Waals surface area contributed by atoms with Gasteiger partial charge >= 0.3 is 0 Å². The first-order valence-corrected chi connectivity index (χ1v) is 8.20. The van der Waals surface area contributed by atoms with E-state index in [4.69, 9.17) is 0 Å². The highest BCUT2D eigenvalue weighted by molar-refractivity contribution is 7.98. The summed E-state index contributed by atoms with van der Waals surface area (Å²) in [5.74, 6) is 1.32. The second-order valence-corrected chi connectivity index (χ2v) is 5.76. The highest BCUT2D eigenvalue weighted by Crippen LogP contribution is 2.17. The fourth-order valence-corrected chi connectivity index (χ4v) is 2.72. The van der Waals surface area contributed by atoms with Gasteiger partial charge in [0.1, 0.15) is 0 Å². The molecule has 17 heavy (non-hydrogen) atoms. The summed E-state index contributed by atoms with van der Waals surface area (Å²) in [7, 11) is 0. The van der Waals surface area contributed by atoms with E-state index in [1.54, 1.807) is 0 Å². The summed E-state index contributed by atoms with van der Waals surface area (Å²) in [6.07, 6.45) is 14.3. The van der Waals surface area contributed by atoms with Crippen molar-refractivity contribution in [3.05, 3.63) is 0 Å². The van der Waals surface area contributed by atoms with Gasteiger partial charge in [0.2, 0.25) is 0 Å². The van der Waals surface area contributed by atoms with Gasteiger partial charge in [-0.05, 0) is 39.2 Å². The molecule has 102 valence electrons. The lowest BCUT2D eigenvalue weighted by Gasteiger charge is -2.42. The molecule has 1 atom stereocenters. The molecule has 2 heteroatoms. The lowest BCUT2D eigenvalue weighted by Crippen LogP contribution is -2.54. The number of rotatable bonds is 9. The summed E-state index contributed by atoms with van der Waals surface area (Å²) < 4.78 is 1.33. The van der Waals surface area contributed by atoms with Crippen molar-refractivity contribution in [2.45, 2.75) is 53.0 Å². The molecule has 0 fully saturated rings. The Labute approximate surface area is 114 Å². The Morgan fingerprint density at radius 1 is 1.06 bits per heavy atom. The average Bonchev–Trinajstić information content (AvgIpc) is 2.36. The van der Waals surface area contributed by atoms with E-state index in [9.17, 15) is 0 Å². The molecule has 0 aromatic heterocycles. The zero-order chi connectivity index (χ0) is 13.7. The number of quaternary nitrogens is 1. The molecule has 0 rings (SSSR count). The van der Waals surface area contributed by atoms with Crippen molar-refractivity contribution in [1.82, 2.24) is 0 Å². The Bertz CT molecular complexity index is 177. The van der Waals surface area contributed by atoms with E-state index in [1.807, 2.05) is 11.8 Å². The molecule has 0 aliphatic heterocycles. The highest BCUT2D eigenvalue weighted by Gasteiger charge is 2.27. The molecule has 0 aromatic rings. The lowest BCUT2D eigenvalue weighted by molar-refractivity contribution is -0.946. The highest BCUT2D eigenvalue weighted by atomic mass is 32.2. The average molecular weight is 258 g/mol. The molecule has 0 heterocycles. The summed E-state index contributed by atoms with van der Waals surface area (Å²) in [4.78, 5) is 0. The van der Waals surface area contributed by atoms with Gasteiger partial charge in [0.05, 0.1) is 25.7 Å². The Hall–Kier alpha value is -0.130. The molecular weight excluding hydrogens is 226 g/mol. The van der Waals surface area contributed by atoms with Crippen molar-refractivity contribution in [2.75, 3.05) is 31.6 Å². The smallest absolute Gasteiger partial charge is 0.0833 e. The Morgan fingerprint density at radius 3 is 1.94 bits per heavy atom. The van der Waals surface area contributed by atoms with Crippen molar-refractivity contribution in [3.8, 4) is 12.8 Å². The summed E-state index contributed by atoms with van der Waals surface area (Å²) in [6.45, 7) is 13.5. The van der Waals surface area contributed by atoms with Crippen LogP contribution in [0.5, 0.6) is 0 Å². The summed E-state index contributed by atoms with van der Waals surface area (Å²) in [5.41, 5.74) is 0. The van der Waals surface area contributed by atoms with Crippen LogP contribution in [0.4, 0.5) is 0 Å². The van der Waals surface area contributed by atoms with Crippen LogP contribution >= 0.6 is 11.8 Å². The molecule has 0 bridgehead atoms. The van der Waals surface area contributed by atoms with E-state index >= 15 is 0 Å². The molecule has 0 amide bonds. The minimum absolute atomic E-state index is 0.781. The number of nitrogens with zero attached hydrogens (tertiary/aromatic N) is 1. The minimum atomic E-state index is 0.781. The van der Waals surface area contributed by atoms with Crippen molar-refractivity contribution in [1.29, 1.82) is 0 Å². The van der Waals surface area contributed by atoms with Gasteiger partial charge in [-0.1, -0.05) is 13.3 Å². The molecule has 0 N–H and O–H groups in total. The van der Waals surface area contributed by atoms with E-state index in [1.165, 1.54) is 49.1 Å². The molecule has 0 radical (unpaired) electrons. The van der Waals surface area contributed by atoms with Crippen LogP contribution in [0.15, 0.2) is 0 Å². The molecule has 1 nitrogen and oxygen atoms in total. The van der Waals surface area contributed by atoms with Gasteiger partial charge in [0.15, 0.2) is 0 Å². The predicted octanol–water partition coefficient (Wildman–Crippen LogP) is 4.03. The quantitative estimate of drug-likeness (QED) is 0.342. The third-order valence-corrected chi connectivity index (χ3v) is 4.33. The maximum absolute atomic E-state index is 4.00. The first-order valence-electron chi connectivity index (χ1n) is 6.81. The van der Waals surface area contributed by atoms with E-state index in [-0.39, 0.29) is 0 Å². The molecule has 0 saturated carbocycles. The molecule has 0 aliphatic carbocycles. The molecule has 0 saturated heterocycles. The largest absolute Gasteiger partial charge is 0.322 e. The first-order chi connectivity index (χ1) is 8.13. The van der Waals surface area contributed by atoms with Crippen LogP contribution < -0.4 is 0 Å². The van der Waals surface area contributed by atoms with Crippen molar-refractivity contribution >= 4 is 11.8 Å². The number of terminal acetylenes is 1. The van der Waals surface area contributed by atoms with Crippen LogP contribution in [0.25, 0.3) is 0 Å². The van der Waals surface area contributed by atoms with Gasteiger partial charge < -0.3 is 4.48 Å². The fourth-order valence-electron chi connectivity index (χ4n) is 2.31. The van der Waals surface area contributed by atoms with Gasteiger partial charge in [-0.15, -0.1) is 12.8 Å². The number of hydrogen-bond acceptors (Lipinski definition) is 1. The normalized spacial score (nSPS) is 13.9. The van der Waals surface area contributed by atoms with Gasteiger partial charge in [-0.2, -0.15) is 11.8 Å². The third-order valence-electron chi connectivity index (χ3n) is 3.63. The van der Waals surface area contributed by atoms with Crippen molar-refractivity contribution < 1.29 is 4.48 Å². The topological polar surface area (TPSA) is 0 Å². The molecular formula is C15H32NS+. The van der Waals surface area contributed by atoms with E-state index in [2.05, 4.69) is 46.8 Å². The van der Waals surface area contributed by atoms with E-state index < -0.39 is 0 Å².